The maximum atomic E-state index is 12.1. The van der Waals surface area contributed by atoms with Crippen molar-refractivity contribution in [1.29, 1.82) is 0 Å². The molecule has 0 spiro atoms. The van der Waals surface area contributed by atoms with Gasteiger partial charge in [-0.2, -0.15) is 0 Å². The van der Waals surface area contributed by atoms with Gasteiger partial charge in [0.2, 0.25) is 0 Å². The molecule has 1 amide bonds. The lowest BCUT2D eigenvalue weighted by molar-refractivity contribution is 0.0937. The first-order valence-corrected chi connectivity index (χ1v) is 7.49. The minimum Gasteiger partial charge on any atom is -0.351 e. The van der Waals surface area contributed by atoms with E-state index in [0.717, 1.165) is 56.9 Å². The van der Waals surface area contributed by atoms with Gasteiger partial charge in [0, 0.05) is 44.8 Å². The van der Waals surface area contributed by atoms with E-state index >= 15 is 0 Å². The number of rotatable bonds is 5. The Kier molecular flexibility index (Phi) is 5.56. The van der Waals surface area contributed by atoms with Crippen molar-refractivity contribution >= 4 is 5.91 Å². The minimum absolute atomic E-state index is 0.0373. The molecule has 1 saturated heterocycles. The minimum atomic E-state index is 0.0373. The summed E-state index contributed by atoms with van der Waals surface area (Å²) in [7, 11) is 0. The second kappa shape index (κ2) is 7.41. The molecule has 0 aliphatic carbocycles. The lowest BCUT2D eigenvalue weighted by atomic mass is 10.1. The molecule has 0 saturated carbocycles. The number of piperazine rings is 1. The van der Waals surface area contributed by atoms with E-state index in [0.29, 0.717) is 0 Å². The summed E-state index contributed by atoms with van der Waals surface area (Å²) in [6.45, 7) is 11.5. The van der Waals surface area contributed by atoms with Crippen LogP contribution >= 0.6 is 0 Å². The Bertz CT molecular complexity index is 439. The third-order valence-electron chi connectivity index (χ3n) is 4.02. The van der Waals surface area contributed by atoms with Crippen LogP contribution < -0.4 is 5.32 Å². The predicted molar refractivity (Wildman–Crippen MR) is 82.1 cm³/mol. The van der Waals surface area contributed by atoms with Crippen molar-refractivity contribution in [3.8, 4) is 0 Å². The van der Waals surface area contributed by atoms with Crippen LogP contribution in [0.25, 0.3) is 0 Å². The normalized spacial score (nSPS) is 17.1. The molecule has 4 nitrogen and oxygen atoms in total. The van der Waals surface area contributed by atoms with Crippen LogP contribution in [0.3, 0.4) is 0 Å². The Hall–Kier alpha value is -1.39. The van der Waals surface area contributed by atoms with Crippen LogP contribution in [-0.2, 0) is 0 Å². The van der Waals surface area contributed by atoms with E-state index in [2.05, 4.69) is 22.0 Å². The Balaban J connectivity index is 1.71. The summed E-state index contributed by atoms with van der Waals surface area (Å²) >= 11 is 0. The van der Waals surface area contributed by atoms with Crippen molar-refractivity contribution in [2.45, 2.75) is 13.8 Å². The molecule has 0 bridgehead atoms. The van der Waals surface area contributed by atoms with Crippen LogP contribution in [0.4, 0.5) is 0 Å². The third-order valence-corrected chi connectivity index (χ3v) is 4.02. The highest BCUT2D eigenvalue weighted by atomic mass is 16.1. The Labute approximate surface area is 121 Å². The standard InChI is InChI=1S/C16H25N3O/c1-3-18-10-12-19(13-11-18)9-8-17-16(20)15-7-5-4-6-14(15)2/h4-7H,3,8-13H2,1-2H3,(H,17,20). The Morgan fingerprint density at radius 2 is 1.80 bits per heavy atom. The number of nitrogens with one attached hydrogen (secondary N) is 1. The second-order valence-corrected chi connectivity index (χ2v) is 5.35. The van der Waals surface area contributed by atoms with Crippen molar-refractivity contribution in [1.82, 2.24) is 15.1 Å². The zero-order valence-corrected chi connectivity index (χ0v) is 12.6. The Morgan fingerprint density at radius 1 is 1.15 bits per heavy atom. The van der Waals surface area contributed by atoms with E-state index in [9.17, 15) is 4.79 Å². The molecule has 4 heteroatoms. The molecule has 1 aromatic carbocycles. The number of aryl methyl sites for hydroxylation is 1. The Morgan fingerprint density at radius 3 is 2.45 bits per heavy atom. The lowest BCUT2D eigenvalue weighted by Gasteiger charge is -2.33. The van der Waals surface area contributed by atoms with E-state index in [4.69, 9.17) is 0 Å². The van der Waals surface area contributed by atoms with Gasteiger partial charge in [-0.1, -0.05) is 25.1 Å². The number of benzene rings is 1. The van der Waals surface area contributed by atoms with Crippen molar-refractivity contribution < 1.29 is 4.79 Å². The van der Waals surface area contributed by atoms with Crippen molar-refractivity contribution in [3.63, 3.8) is 0 Å². The molecular weight excluding hydrogens is 250 g/mol. The summed E-state index contributed by atoms with van der Waals surface area (Å²) in [6.07, 6.45) is 0. The summed E-state index contributed by atoms with van der Waals surface area (Å²) in [5.74, 6) is 0.0373. The first-order chi connectivity index (χ1) is 9.70. The number of likely N-dealkylation sites (N-methyl/N-ethyl adjacent to an activating group) is 1. The molecular formula is C16H25N3O. The first-order valence-electron chi connectivity index (χ1n) is 7.49. The molecule has 1 fully saturated rings. The molecule has 0 atom stereocenters. The van der Waals surface area contributed by atoms with Gasteiger partial charge in [0.15, 0.2) is 0 Å². The summed E-state index contributed by atoms with van der Waals surface area (Å²) in [5.41, 5.74) is 1.81. The van der Waals surface area contributed by atoms with Gasteiger partial charge in [-0.25, -0.2) is 0 Å². The van der Waals surface area contributed by atoms with Gasteiger partial charge < -0.3 is 10.2 Å². The summed E-state index contributed by atoms with van der Waals surface area (Å²) in [5, 5.41) is 3.02. The van der Waals surface area contributed by atoms with Gasteiger partial charge in [-0.05, 0) is 25.1 Å². The maximum absolute atomic E-state index is 12.1. The van der Waals surface area contributed by atoms with Gasteiger partial charge in [-0.15, -0.1) is 0 Å². The monoisotopic (exact) mass is 275 g/mol. The molecule has 0 unspecified atom stereocenters. The number of hydrogen-bond donors (Lipinski definition) is 1. The van der Waals surface area contributed by atoms with Gasteiger partial charge in [0.1, 0.15) is 0 Å². The molecule has 1 aromatic rings. The fourth-order valence-electron chi connectivity index (χ4n) is 2.58. The van der Waals surface area contributed by atoms with E-state index in [1.54, 1.807) is 0 Å². The topological polar surface area (TPSA) is 35.6 Å². The van der Waals surface area contributed by atoms with Crippen molar-refractivity contribution in [3.05, 3.63) is 35.4 Å². The van der Waals surface area contributed by atoms with E-state index < -0.39 is 0 Å². The first kappa shape index (κ1) is 15.0. The van der Waals surface area contributed by atoms with Crippen LogP contribution in [0, 0.1) is 6.92 Å². The number of hydrogen-bond acceptors (Lipinski definition) is 3. The highest BCUT2D eigenvalue weighted by Crippen LogP contribution is 2.06. The molecule has 20 heavy (non-hydrogen) atoms. The molecule has 110 valence electrons. The average Bonchev–Trinajstić information content (AvgIpc) is 2.48. The van der Waals surface area contributed by atoms with E-state index in [1.165, 1.54) is 0 Å². The largest absolute Gasteiger partial charge is 0.351 e. The smallest absolute Gasteiger partial charge is 0.251 e. The van der Waals surface area contributed by atoms with Gasteiger partial charge >= 0.3 is 0 Å². The van der Waals surface area contributed by atoms with Gasteiger partial charge in [0.25, 0.3) is 5.91 Å². The zero-order valence-electron chi connectivity index (χ0n) is 12.6. The highest BCUT2D eigenvalue weighted by molar-refractivity contribution is 5.95. The number of nitrogens with zero attached hydrogens (tertiary/aromatic N) is 2. The molecule has 0 aromatic heterocycles. The van der Waals surface area contributed by atoms with Gasteiger partial charge in [-0.3, -0.25) is 9.69 Å². The highest BCUT2D eigenvalue weighted by Gasteiger charge is 2.15. The molecule has 1 aliphatic rings. The summed E-state index contributed by atoms with van der Waals surface area (Å²) < 4.78 is 0. The number of amides is 1. The second-order valence-electron chi connectivity index (χ2n) is 5.35. The lowest BCUT2D eigenvalue weighted by Crippen LogP contribution is -2.48. The summed E-state index contributed by atoms with van der Waals surface area (Å²) in [6, 6.07) is 7.72. The molecule has 1 N–H and O–H groups in total. The van der Waals surface area contributed by atoms with Crippen LogP contribution in [0.2, 0.25) is 0 Å². The van der Waals surface area contributed by atoms with Crippen molar-refractivity contribution in [2.24, 2.45) is 0 Å². The van der Waals surface area contributed by atoms with E-state index in [1.807, 2.05) is 31.2 Å². The predicted octanol–water partition coefficient (Wildman–Crippen LogP) is 1.36. The van der Waals surface area contributed by atoms with Crippen LogP contribution in [0.5, 0.6) is 0 Å². The van der Waals surface area contributed by atoms with Crippen LogP contribution in [-0.4, -0.2) is 61.5 Å². The zero-order chi connectivity index (χ0) is 14.4. The molecule has 1 aliphatic heterocycles. The molecule has 0 radical (unpaired) electrons. The van der Waals surface area contributed by atoms with Crippen molar-refractivity contribution in [2.75, 3.05) is 45.8 Å². The fourth-order valence-corrected chi connectivity index (χ4v) is 2.58. The SMILES string of the molecule is CCN1CCN(CCNC(=O)c2ccccc2C)CC1. The van der Waals surface area contributed by atoms with Crippen LogP contribution in [0.15, 0.2) is 24.3 Å². The number of carbonyl (C=O) groups is 1. The van der Waals surface area contributed by atoms with Gasteiger partial charge in [0.05, 0.1) is 0 Å². The quantitative estimate of drug-likeness (QED) is 0.881. The van der Waals surface area contributed by atoms with E-state index in [-0.39, 0.29) is 5.91 Å². The molecule has 1 heterocycles. The summed E-state index contributed by atoms with van der Waals surface area (Å²) in [4.78, 5) is 16.9. The average molecular weight is 275 g/mol. The third kappa shape index (κ3) is 4.05. The number of carbonyl (C=O) groups excluding carboxylic acids is 1. The van der Waals surface area contributed by atoms with Crippen LogP contribution in [0.1, 0.15) is 22.8 Å². The molecule has 2 rings (SSSR count). The fraction of sp³-hybridized carbons (Fsp3) is 0.562. The maximum Gasteiger partial charge on any atom is 0.251 e.